The molecule has 1 saturated heterocycles. The van der Waals surface area contributed by atoms with Crippen LogP contribution in [0.1, 0.15) is 57.1 Å². The second kappa shape index (κ2) is 14.6. The summed E-state index contributed by atoms with van der Waals surface area (Å²) >= 11 is 0. The molecule has 4 aromatic rings. The van der Waals surface area contributed by atoms with Crippen LogP contribution in [-0.2, 0) is 14.3 Å². The molecule has 4 atom stereocenters. The number of cyclic esters (lactones) is 1. The van der Waals surface area contributed by atoms with Crippen LogP contribution in [0.15, 0.2) is 60.7 Å². The van der Waals surface area contributed by atoms with E-state index in [0.29, 0.717) is 68.1 Å². The molecule has 13 nitrogen and oxygen atoms in total. The zero-order valence-corrected chi connectivity index (χ0v) is 30.5. The van der Waals surface area contributed by atoms with Crippen LogP contribution in [0.25, 0.3) is 11.6 Å². The normalized spacial score (nSPS) is 19.6. The van der Waals surface area contributed by atoms with Gasteiger partial charge in [-0.15, -0.1) is 0 Å². The van der Waals surface area contributed by atoms with Gasteiger partial charge in [0.05, 0.1) is 54.1 Å². The van der Waals surface area contributed by atoms with Gasteiger partial charge in [0.1, 0.15) is 22.8 Å². The molecule has 1 amide bonds. The third-order valence-electron chi connectivity index (χ3n) is 10.1. The van der Waals surface area contributed by atoms with Crippen molar-refractivity contribution < 1.29 is 57.4 Å². The van der Waals surface area contributed by atoms with Crippen LogP contribution in [0.4, 0.5) is 0 Å². The molecule has 3 aliphatic rings. The molecule has 4 aromatic carbocycles. The van der Waals surface area contributed by atoms with Crippen molar-refractivity contribution in [2.45, 2.75) is 18.9 Å². The Balaban J connectivity index is 1.39. The number of methoxy groups -OCH3 is 5. The van der Waals surface area contributed by atoms with E-state index >= 15 is 0 Å². The highest BCUT2D eigenvalue weighted by Crippen LogP contribution is 2.55. The fourth-order valence-corrected chi connectivity index (χ4v) is 7.68. The highest BCUT2D eigenvalue weighted by molar-refractivity contribution is 6.24. The molecule has 0 radical (unpaired) electrons. The average molecular weight is 738 g/mol. The lowest BCUT2D eigenvalue weighted by Crippen LogP contribution is -2.43. The smallest absolute Gasteiger partial charge is 0.310 e. The van der Waals surface area contributed by atoms with E-state index in [2.05, 4.69) is 5.32 Å². The van der Waals surface area contributed by atoms with Gasteiger partial charge in [0.15, 0.2) is 28.8 Å². The molecule has 1 fully saturated rings. The Morgan fingerprint density at radius 2 is 1.37 bits per heavy atom. The number of esters is 1. The summed E-state index contributed by atoms with van der Waals surface area (Å²) in [7, 11) is 7.39. The summed E-state index contributed by atoms with van der Waals surface area (Å²) in [6, 6.07) is 16.2. The number of phenolic OH excluding ortho intramolecular Hbond substituents is 1. The number of amides is 1. The van der Waals surface area contributed by atoms with Gasteiger partial charge in [-0.2, -0.15) is 0 Å². The van der Waals surface area contributed by atoms with Gasteiger partial charge in [0.25, 0.3) is 5.91 Å². The third-order valence-corrected chi connectivity index (χ3v) is 10.1. The molecule has 0 spiro atoms. The molecular formula is C41H39NO12. The first kappa shape index (κ1) is 36.0. The summed E-state index contributed by atoms with van der Waals surface area (Å²) in [5.74, 6) is -0.379. The molecule has 13 heteroatoms. The Kier molecular flexibility index (Phi) is 9.72. The van der Waals surface area contributed by atoms with Crippen molar-refractivity contribution in [3.63, 3.8) is 0 Å². The van der Waals surface area contributed by atoms with E-state index in [-0.39, 0.29) is 36.1 Å². The molecule has 7 rings (SSSR count). The van der Waals surface area contributed by atoms with Crippen LogP contribution in [-0.4, -0.2) is 71.7 Å². The molecule has 2 heterocycles. The van der Waals surface area contributed by atoms with Crippen molar-refractivity contribution in [3.05, 3.63) is 94.0 Å². The molecule has 1 aliphatic carbocycles. The maximum absolute atomic E-state index is 14.8. The van der Waals surface area contributed by atoms with E-state index in [1.54, 1.807) is 42.5 Å². The number of benzene rings is 4. The van der Waals surface area contributed by atoms with Crippen LogP contribution in [0.5, 0.6) is 46.0 Å². The number of hydrogen-bond acceptors (Lipinski definition) is 12. The number of ketones is 1. The SMILES string of the molecule is COc1cc(/C(=C\c2ccc(O)cc2)C(=O)N[C@@H]2c3cc4c(cc3[C@@H](c3cc(OC)c(C(C)=O)c(OC)c3)[C@H]3C(=O)OC[C@@H]32)OCO4)cc(OC)c1OC. The Morgan fingerprint density at radius 3 is 1.93 bits per heavy atom. The molecular weight excluding hydrogens is 698 g/mol. The molecule has 54 heavy (non-hydrogen) atoms. The lowest BCUT2D eigenvalue weighted by atomic mass is 9.65. The van der Waals surface area contributed by atoms with E-state index in [1.165, 1.54) is 54.6 Å². The van der Waals surface area contributed by atoms with Gasteiger partial charge < -0.3 is 48.3 Å². The minimum Gasteiger partial charge on any atom is -0.508 e. The standard InChI is InChI=1S/C41H39NO12/c1-20(43)35-31(47-2)14-23(15-32(35)48-3)36-26-16-29-30(54-19-53-29)17-27(26)38(28-18-52-41(46)37(28)36)42-40(45)25(11-21-7-9-24(44)10-8-21)22-12-33(49-4)39(51-6)34(13-22)50-5/h7-17,28,36-38,44H,18-19H2,1-6H3,(H,42,45)/b25-11+/t28-,36+,37-,38+/m0/s1. The van der Waals surface area contributed by atoms with Crippen LogP contribution in [0.3, 0.4) is 0 Å². The topological polar surface area (TPSA) is 157 Å². The fraction of sp³-hybridized carbons (Fsp3) is 0.293. The molecule has 280 valence electrons. The first-order chi connectivity index (χ1) is 26.1. The Hall–Kier alpha value is -6.37. The summed E-state index contributed by atoms with van der Waals surface area (Å²) in [5, 5.41) is 13.2. The maximum atomic E-state index is 14.8. The van der Waals surface area contributed by atoms with Crippen molar-refractivity contribution in [1.82, 2.24) is 5.32 Å². The minimum absolute atomic E-state index is 0.00439. The predicted octanol–water partition coefficient (Wildman–Crippen LogP) is 5.70. The number of aromatic hydroxyl groups is 1. The van der Waals surface area contributed by atoms with Crippen molar-refractivity contribution in [1.29, 1.82) is 0 Å². The van der Waals surface area contributed by atoms with Gasteiger partial charge in [0, 0.05) is 17.4 Å². The van der Waals surface area contributed by atoms with Gasteiger partial charge in [-0.3, -0.25) is 14.4 Å². The van der Waals surface area contributed by atoms with Crippen molar-refractivity contribution >= 4 is 29.3 Å². The van der Waals surface area contributed by atoms with Gasteiger partial charge in [-0.25, -0.2) is 0 Å². The Bertz CT molecular complexity index is 2130. The first-order valence-corrected chi connectivity index (χ1v) is 17.1. The van der Waals surface area contributed by atoms with Gasteiger partial charge in [-0.1, -0.05) is 12.1 Å². The molecule has 0 bridgehead atoms. The number of phenols is 1. The van der Waals surface area contributed by atoms with Crippen molar-refractivity contribution in [2.24, 2.45) is 11.8 Å². The monoisotopic (exact) mass is 737 g/mol. The number of Topliss-reactive ketones (excluding diaryl/α,β-unsaturated/α-hetero) is 1. The van der Waals surface area contributed by atoms with Gasteiger partial charge in [-0.05, 0) is 89.3 Å². The number of carbonyl (C=O) groups is 3. The summed E-state index contributed by atoms with van der Waals surface area (Å²) < 4.78 is 45.4. The predicted molar refractivity (Wildman–Crippen MR) is 195 cm³/mol. The van der Waals surface area contributed by atoms with E-state index in [1.807, 2.05) is 12.1 Å². The average Bonchev–Trinajstić information content (AvgIpc) is 3.81. The van der Waals surface area contributed by atoms with E-state index in [0.717, 1.165) is 0 Å². The number of hydrogen-bond donors (Lipinski definition) is 2. The fourth-order valence-electron chi connectivity index (χ4n) is 7.68. The highest BCUT2D eigenvalue weighted by Gasteiger charge is 2.53. The number of nitrogens with one attached hydrogen (secondary N) is 1. The number of rotatable bonds is 11. The Labute approximate surface area is 311 Å². The Morgan fingerprint density at radius 1 is 0.778 bits per heavy atom. The zero-order valence-electron chi connectivity index (χ0n) is 30.5. The number of carbonyl (C=O) groups excluding carboxylic acids is 3. The quantitative estimate of drug-likeness (QED) is 0.0839. The van der Waals surface area contributed by atoms with Gasteiger partial charge >= 0.3 is 5.97 Å². The maximum Gasteiger partial charge on any atom is 0.310 e. The second-order valence-corrected chi connectivity index (χ2v) is 13.0. The highest BCUT2D eigenvalue weighted by atomic mass is 16.7. The second-order valence-electron chi connectivity index (χ2n) is 13.0. The van der Waals surface area contributed by atoms with Crippen LogP contribution >= 0.6 is 0 Å². The van der Waals surface area contributed by atoms with Crippen LogP contribution < -0.4 is 38.5 Å². The zero-order chi connectivity index (χ0) is 38.3. The summed E-state index contributed by atoms with van der Waals surface area (Å²) in [6.45, 7) is 1.46. The van der Waals surface area contributed by atoms with Crippen molar-refractivity contribution in [3.8, 4) is 46.0 Å². The van der Waals surface area contributed by atoms with E-state index in [4.69, 9.17) is 37.9 Å². The van der Waals surface area contributed by atoms with Crippen molar-refractivity contribution in [2.75, 3.05) is 48.9 Å². The largest absolute Gasteiger partial charge is 0.508 e. The van der Waals surface area contributed by atoms with Crippen LogP contribution in [0, 0.1) is 11.8 Å². The molecule has 0 unspecified atom stereocenters. The molecule has 0 aromatic heterocycles. The van der Waals surface area contributed by atoms with Gasteiger partial charge in [0.2, 0.25) is 12.5 Å². The lowest BCUT2D eigenvalue weighted by molar-refractivity contribution is -0.141. The number of fused-ring (bicyclic) bond motifs is 3. The summed E-state index contributed by atoms with van der Waals surface area (Å²) in [6.07, 6.45) is 1.69. The summed E-state index contributed by atoms with van der Waals surface area (Å²) in [5.41, 5.74) is 3.64. The lowest BCUT2D eigenvalue weighted by Gasteiger charge is -2.39. The van der Waals surface area contributed by atoms with Crippen LogP contribution in [0.2, 0.25) is 0 Å². The first-order valence-electron chi connectivity index (χ1n) is 17.1. The molecule has 2 aliphatic heterocycles. The molecule has 0 saturated carbocycles. The minimum atomic E-state index is -0.758. The summed E-state index contributed by atoms with van der Waals surface area (Å²) in [4.78, 5) is 41.2. The third kappa shape index (κ3) is 6.25. The van der Waals surface area contributed by atoms with E-state index < -0.39 is 35.7 Å². The molecule has 2 N–H and O–H groups in total. The van der Waals surface area contributed by atoms with E-state index in [9.17, 15) is 19.5 Å². The number of ether oxygens (including phenoxy) is 8.